The molecule has 24 heavy (non-hydrogen) atoms. The van der Waals surface area contributed by atoms with Crippen LogP contribution in [0.3, 0.4) is 0 Å². The minimum absolute atomic E-state index is 0.388. The summed E-state index contributed by atoms with van der Waals surface area (Å²) in [6.07, 6.45) is 1.46. The highest BCUT2D eigenvalue weighted by Crippen LogP contribution is 2.41. The summed E-state index contributed by atoms with van der Waals surface area (Å²) in [7, 11) is 3.46. The van der Waals surface area contributed by atoms with Crippen LogP contribution in [-0.4, -0.2) is 44.3 Å². The third-order valence-electron chi connectivity index (χ3n) is 4.18. The minimum Gasteiger partial charge on any atom is -0.437 e. The van der Waals surface area contributed by atoms with Crippen LogP contribution in [0.15, 0.2) is 36.4 Å². The molecule has 0 bridgehead atoms. The maximum atomic E-state index is 11.5. The van der Waals surface area contributed by atoms with E-state index in [4.69, 9.17) is 4.74 Å². The fourth-order valence-corrected chi connectivity index (χ4v) is 3.75. The number of anilines is 1. The summed E-state index contributed by atoms with van der Waals surface area (Å²) in [5.74, 6) is 0. The number of nitrogens with zero attached hydrogens (tertiary/aromatic N) is 1. The Morgan fingerprint density at radius 3 is 2.62 bits per heavy atom. The highest BCUT2D eigenvalue weighted by molar-refractivity contribution is 7.18. The third kappa shape index (κ3) is 4.07. The Kier molecular flexibility index (Phi) is 5.37. The van der Waals surface area contributed by atoms with Gasteiger partial charge in [0.25, 0.3) is 0 Å². The van der Waals surface area contributed by atoms with Gasteiger partial charge in [-0.15, -0.1) is 0 Å². The zero-order valence-electron chi connectivity index (χ0n) is 14.0. The Labute approximate surface area is 146 Å². The molecule has 2 heterocycles. The largest absolute Gasteiger partial charge is 0.514 e. The summed E-state index contributed by atoms with van der Waals surface area (Å²) in [5, 5.41) is 4.10. The van der Waals surface area contributed by atoms with E-state index in [-0.39, 0.29) is 0 Å². The summed E-state index contributed by atoms with van der Waals surface area (Å²) in [6, 6.07) is 12.5. The number of hydrogen-bond acceptors (Lipinski definition) is 6. The number of carbonyl (C=O) groups is 1. The predicted octanol–water partition coefficient (Wildman–Crippen LogP) is 4.07. The Morgan fingerprint density at radius 2 is 1.96 bits per heavy atom. The van der Waals surface area contributed by atoms with E-state index >= 15 is 0 Å². The van der Waals surface area contributed by atoms with Gasteiger partial charge in [0.15, 0.2) is 0 Å². The number of rotatable bonds is 4. The summed E-state index contributed by atoms with van der Waals surface area (Å²) in [6.45, 7) is 2.14. The standard InChI is InChI=1S/C18H22N2O3S/c1-20-10-8-14(9-11-20)19-15-12-16(13-6-4-3-5-7-13)24-17(15)23-18(21)22-2/h3-7,12,14,19H,8-11H2,1-2H3. The maximum Gasteiger partial charge on any atom is 0.514 e. The average molecular weight is 346 g/mol. The first-order valence-electron chi connectivity index (χ1n) is 8.06. The highest BCUT2D eigenvalue weighted by Gasteiger charge is 2.21. The molecule has 1 N–H and O–H groups in total. The number of piperidine rings is 1. The molecule has 6 heteroatoms. The molecule has 0 amide bonds. The number of nitrogens with one attached hydrogen (secondary N) is 1. The molecular formula is C18H22N2O3S. The van der Waals surface area contributed by atoms with Gasteiger partial charge in [-0.1, -0.05) is 41.7 Å². The number of thiophene rings is 1. The summed E-state index contributed by atoms with van der Waals surface area (Å²) >= 11 is 1.45. The van der Waals surface area contributed by atoms with Gasteiger partial charge in [0, 0.05) is 10.9 Å². The fourth-order valence-electron chi connectivity index (χ4n) is 2.79. The molecule has 0 aliphatic carbocycles. The molecule has 1 aromatic heterocycles. The quantitative estimate of drug-likeness (QED) is 0.846. The lowest BCUT2D eigenvalue weighted by atomic mass is 10.1. The molecule has 1 aliphatic heterocycles. The Bertz CT molecular complexity index is 679. The highest BCUT2D eigenvalue weighted by atomic mass is 32.1. The van der Waals surface area contributed by atoms with Crippen molar-refractivity contribution < 1.29 is 14.3 Å². The van der Waals surface area contributed by atoms with E-state index in [1.54, 1.807) is 0 Å². The summed E-state index contributed by atoms with van der Waals surface area (Å²) < 4.78 is 9.98. The number of methoxy groups -OCH3 is 1. The molecule has 0 atom stereocenters. The van der Waals surface area contributed by atoms with E-state index in [1.807, 2.05) is 30.3 Å². The molecule has 0 radical (unpaired) electrons. The predicted molar refractivity (Wildman–Crippen MR) is 96.9 cm³/mol. The average Bonchev–Trinajstić information content (AvgIpc) is 3.00. The molecule has 0 spiro atoms. The van der Waals surface area contributed by atoms with Crippen molar-refractivity contribution in [2.24, 2.45) is 0 Å². The second kappa shape index (κ2) is 7.68. The normalized spacial score (nSPS) is 15.9. The Hall–Kier alpha value is -2.05. The summed E-state index contributed by atoms with van der Waals surface area (Å²) in [4.78, 5) is 14.9. The molecule has 5 nitrogen and oxygen atoms in total. The van der Waals surface area contributed by atoms with E-state index < -0.39 is 6.16 Å². The van der Waals surface area contributed by atoms with Crippen LogP contribution in [-0.2, 0) is 4.74 Å². The van der Waals surface area contributed by atoms with Crippen LogP contribution in [0.5, 0.6) is 5.06 Å². The maximum absolute atomic E-state index is 11.5. The first-order chi connectivity index (χ1) is 11.7. The molecule has 2 aromatic rings. The molecule has 1 aliphatic rings. The smallest absolute Gasteiger partial charge is 0.437 e. The Balaban J connectivity index is 1.82. The number of carbonyl (C=O) groups excluding carboxylic acids is 1. The van der Waals surface area contributed by atoms with Gasteiger partial charge in [0.1, 0.15) is 0 Å². The van der Waals surface area contributed by atoms with Crippen LogP contribution in [0, 0.1) is 0 Å². The van der Waals surface area contributed by atoms with E-state index in [9.17, 15) is 4.79 Å². The zero-order valence-corrected chi connectivity index (χ0v) is 14.8. The van der Waals surface area contributed by atoms with Crippen LogP contribution < -0.4 is 10.1 Å². The molecule has 1 aromatic carbocycles. The van der Waals surface area contributed by atoms with Gasteiger partial charge in [-0.25, -0.2) is 4.79 Å². The molecule has 0 saturated carbocycles. The number of ether oxygens (including phenoxy) is 2. The lowest BCUT2D eigenvalue weighted by molar-refractivity contribution is 0.123. The van der Waals surface area contributed by atoms with Crippen molar-refractivity contribution in [3.63, 3.8) is 0 Å². The van der Waals surface area contributed by atoms with Gasteiger partial charge in [-0.2, -0.15) is 0 Å². The van der Waals surface area contributed by atoms with Gasteiger partial charge in [0.2, 0.25) is 5.06 Å². The van der Waals surface area contributed by atoms with Crippen molar-refractivity contribution in [2.75, 3.05) is 32.6 Å². The van der Waals surface area contributed by atoms with Crippen LogP contribution in [0.4, 0.5) is 10.5 Å². The number of likely N-dealkylation sites (tertiary alicyclic amines) is 1. The number of benzene rings is 1. The second-order valence-corrected chi connectivity index (χ2v) is 6.97. The second-order valence-electron chi connectivity index (χ2n) is 5.96. The molecule has 0 unspecified atom stereocenters. The lowest BCUT2D eigenvalue weighted by Gasteiger charge is -2.30. The van der Waals surface area contributed by atoms with Crippen molar-refractivity contribution in [1.82, 2.24) is 4.90 Å². The zero-order chi connectivity index (χ0) is 16.9. The number of hydrogen-bond donors (Lipinski definition) is 1. The summed E-state index contributed by atoms with van der Waals surface area (Å²) in [5.41, 5.74) is 1.97. The topological polar surface area (TPSA) is 50.8 Å². The van der Waals surface area contributed by atoms with Crippen LogP contribution in [0.25, 0.3) is 10.4 Å². The molecule has 1 fully saturated rings. The van der Waals surface area contributed by atoms with Crippen molar-refractivity contribution >= 4 is 23.2 Å². The molecule has 1 saturated heterocycles. The van der Waals surface area contributed by atoms with Gasteiger partial charge in [-0.3, -0.25) is 0 Å². The minimum atomic E-state index is -0.692. The van der Waals surface area contributed by atoms with Crippen molar-refractivity contribution in [3.05, 3.63) is 36.4 Å². The van der Waals surface area contributed by atoms with E-state index in [2.05, 4.69) is 28.1 Å². The van der Waals surface area contributed by atoms with Gasteiger partial charge < -0.3 is 19.7 Å². The van der Waals surface area contributed by atoms with Crippen LogP contribution >= 0.6 is 11.3 Å². The fraction of sp³-hybridized carbons (Fsp3) is 0.389. The monoisotopic (exact) mass is 346 g/mol. The van der Waals surface area contributed by atoms with E-state index in [0.29, 0.717) is 11.1 Å². The lowest BCUT2D eigenvalue weighted by Crippen LogP contribution is -2.36. The first-order valence-corrected chi connectivity index (χ1v) is 8.87. The van der Waals surface area contributed by atoms with Crippen molar-refractivity contribution in [2.45, 2.75) is 18.9 Å². The first kappa shape index (κ1) is 16.8. The van der Waals surface area contributed by atoms with Gasteiger partial charge >= 0.3 is 6.16 Å². The SMILES string of the molecule is COC(=O)Oc1sc(-c2ccccc2)cc1NC1CCN(C)CC1. The van der Waals surface area contributed by atoms with Crippen molar-refractivity contribution in [1.29, 1.82) is 0 Å². The van der Waals surface area contributed by atoms with Gasteiger partial charge in [0.05, 0.1) is 12.8 Å². The van der Waals surface area contributed by atoms with E-state index in [0.717, 1.165) is 42.1 Å². The third-order valence-corrected chi connectivity index (χ3v) is 5.24. The van der Waals surface area contributed by atoms with Gasteiger partial charge in [-0.05, 0) is 44.6 Å². The molecular weight excluding hydrogens is 324 g/mol. The molecule has 3 rings (SSSR count). The van der Waals surface area contributed by atoms with E-state index in [1.165, 1.54) is 18.4 Å². The van der Waals surface area contributed by atoms with Crippen LogP contribution in [0.1, 0.15) is 12.8 Å². The molecule has 128 valence electrons. The van der Waals surface area contributed by atoms with Crippen LogP contribution in [0.2, 0.25) is 0 Å². The van der Waals surface area contributed by atoms with Crippen molar-refractivity contribution in [3.8, 4) is 15.5 Å². The Morgan fingerprint density at radius 1 is 1.25 bits per heavy atom.